The Balaban J connectivity index is 3.16. The Morgan fingerprint density at radius 2 is 2.21 bits per heavy atom. The van der Waals surface area contributed by atoms with Crippen molar-refractivity contribution in [2.45, 2.75) is 6.67 Å². The number of nitro groups is 1. The Morgan fingerprint density at radius 3 is 2.68 bits per heavy atom. The van der Waals surface area contributed by atoms with E-state index in [2.05, 4.69) is 6.58 Å². The fourth-order valence-corrected chi connectivity index (χ4v) is 1.84. The summed E-state index contributed by atoms with van der Waals surface area (Å²) in [5, 5.41) is 26.8. The first kappa shape index (κ1) is 14.8. The third kappa shape index (κ3) is 3.62. The maximum absolute atomic E-state index is 12.5. The summed E-state index contributed by atoms with van der Waals surface area (Å²) in [5.74, 6) is -1.32. The topological polar surface area (TPSA) is 104 Å². The number of alkyl halides is 1. The number of thioether (sulfide) groups is 1. The highest BCUT2D eigenvalue weighted by Gasteiger charge is 2.20. The number of carbonyl (C=O) groups is 1. The molecule has 0 aromatic heterocycles. The largest absolute Gasteiger partial charge is 0.477 e. The number of halogens is 1. The van der Waals surface area contributed by atoms with E-state index in [-0.39, 0.29) is 26.8 Å². The summed E-state index contributed by atoms with van der Waals surface area (Å²) < 4.78 is 12.5. The quantitative estimate of drug-likeness (QED) is 0.284. The van der Waals surface area contributed by atoms with Crippen molar-refractivity contribution in [3.8, 4) is 0 Å². The Morgan fingerprint density at radius 1 is 1.58 bits per heavy atom. The highest BCUT2D eigenvalue weighted by Crippen LogP contribution is 2.28. The van der Waals surface area contributed by atoms with Crippen LogP contribution < -0.4 is 0 Å². The molecule has 0 aliphatic rings. The van der Waals surface area contributed by atoms with Gasteiger partial charge in [0.15, 0.2) is 0 Å². The van der Waals surface area contributed by atoms with Crippen LogP contribution in [0.5, 0.6) is 0 Å². The van der Waals surface area contributed by atoms with Gasteiger partial charge >= 0.3 is 5.97 Å². The molecule has 0 fully saturated rings. The van der Waals surface area contributed by atoms with Crippen LogP contribution in [0.15, 0.2) is 29.7 Å². The van der Waals surface area contributed by atoms with E-state index in [9.17, 15) is 19.3 Å². The minimum atomic E-state index is -1.32. The lowest BCUT2D eigenvalue weighted by Gasteiger charge is -2.06. The van der Waals surface area contributed by atoms with Crippen LogP contribution >= 0.6 is 11.8 Å². The predicted octanol–water partition coefficient (Wildman–Crippen LogP) is 2.72. The summed E-state index contributed by atoms with van der Waals surface area (Å²) in [6.45, 7) is 2.38. The van der Waals surface area contributed by atoms with Gasteiger partial charge in [0.05, 0.1) is 15.4 Å². The number of hydrogen-bond acceptors (Lipinski definition) is 5. The number of hydrogen-bond donors (Lipinski definition) is 2. The highest BCUT2D eigenvalue weighted by molar-refractivity contribution is 8.18. The summed E-state index contributed by atoms with van der Waals surface area (Å²) in [5.41, 5.74) is -0.340. The molecule has 0 amide bonds. The predicted molar refractivity (Wildman–Crippen MR) is 69.1 cm³/mol. The number of nitro benzene ring substituents is 1. The molecule has 19 heavy (non-hydrogen) atoms. The summed E-state index contributed by atoms with van der Waals surface area (Å²) >= 11 is 0.474. The van der Waals surface area contributed by atoms with Crippen LogP contribution in [-0.4, -0.2) is 21.0 Å². The molecule has 1 aromatic rings. The van der Waals surface area contributed by atoms with Crippen LogP contribution in [0.3, 0.4) is 0 Å². The summed E-state index contributed by atoms with van der Waals surface area (Å²) in [6, 6.07) is 3.48. The monoisotopic (exact) mass is 284 g/mol. The number of rotatable bonds is 5. The zero-order valence-electron chi connectivity index (χ0n) is 9.55. The number of carboxylic acids is 1. The third-order valence-electron chi connectivity index (χ3n) is 2.12. The van der Waals surface area contributed by atoms with Gasteiger partial charge in [-0.05, 0) is 17.7 Å². The van der Waals surface area contributed by atoms with Gasteiger partial charge in [0.1, 0.15) is 11.7 Å². The maximum Gasteiger partial charge on any atom is 0.341 e. The molecule has 0 heterocycles. The zero-order chi connectivity index (χ0) is 14.6. The van der Waals surface area contributed by atoms with E-state index in [1.807, 2.05) is 0 Å². The number of benzene rings is 1. The molecule has 0 radical (unpaired) electrons. The first-order valence-corrected chi connectivity index (χ1v) is 5.70. The van der Waals surface area contributed by atoms with Gasteiger partial charge in [-0.3, -0.25) is 15.5 Å². The minimum Gasteiger partial charge on any atom is -0.477 e. The maximum atomic E-state index is 12.5. The lowest BCUT2D eigenvalue weighted by molar-refractivity contribution is -0.385. The van der Waals surface area contributed by atoms with Crippen LogP contribution in [0.1, 0.15) is 11.1 Å². The van der Waals surface area contributed by atoms with Gasteiger partial charge in [0.25, 0.3) is 5.69 Å². The van der Waals surface area contributed by atoms with Crippen LogP contribution in [0.4, 0.5) is 10.1 Å². The van der Waals surface area contributed by atoms with Crippen molar-refractivity contribution in [2.75, 3.05) is 0 Å². The molecule has 1 aromatic carbocycles. The van der Waals surface area contributed by atoms with E-state index < -0.39 is 17.6 Å². The average Bonchev–Trinajstić information content (AvgIpc) is 2.37. The van der Waals surface area contributed by atoms with Gasteiger partial charge in [-0.1, -0.05) is 18.3 Å². The van der Waals surface area contributed by atoms with Crippen molar-refractivity contribution in [1.82, 2.24) is 0 Å². The van der Waals surface area contributed by atoms with E-state index in [1.165, 1.54) is 6.07 Å². The smallest absolute Gasteiger partial charge is 0.341 e. The molecular formula is C11H9FN2O4S. The van der Waals surface area contributed by atoms with Crippen LogP contribution in [0.25, 0.3) is 0 Å². The standard InChI is InChI=1S/C11H9FN2O4S/c1-6(11(15)16)19-10(13)8-4-7(5-12)2-3-9(8)14(17)18/h2-4,13H,1,5H2,(H,15,16). The van der Waals surface area contributed by atoms with Crippen molar-refractivity contribution in [2.24, 2.45) is 0 Å². The van der Waals surface area contributed by atoms with E-state index in [0.717, 1.165) is 12.1 Å². The highest BCUT2D eigenvalue weighted by atomic mass is 32.2. The van der Waals surface area contributed by atoms with E-state index in [1.54, 1.807) is 0 Å². The molecule has 0 aliphatic carbocycles. The fraction of sp³-hybridized carbons (Fsp3) is 0.0909. The first-order valence-electron chi connectivity index (χ1n) is 4.89. The van der Waals surface area contributed by atoms with Gasteiger partial charge in [0, 0.05) is 6.07 Å². The normalized spacial score (nSPS) is 9.95. The molecule has 0 atom stereocenters. The molecule has 0 unspecified atom stereocenters. The van der Waals surface area contributed by atoms with Crippen LogP contribution in [0.2, 0.25) is 0 Å². The van der Waals surface area contributed by atoms with E-state index in [4.69, 9.17) is 10.5 Å². The Bertz CT molecular complexity index is 574. The van der Waals surface area contributed by atoms with Crippen molar-refractivity contribution in [3.63, 3.8) is 0 Å². The van der Waals surface area contributed by atoms with Crippen molar-refractivity contribution < 1.29 is 19.2 Å². The number of nitrogens with one attached hydrogen (secondary N) is 1. The van der Waals surface area contributed by atoms with Crippen LogP contribution in [-0.2, 0) is 11.5 Å². The van der Waals surface area contributed by atoms with Gasteiger partial charge in [-0.15, -0.1) is 0 Å². The van der Waals surface area contributed by atoms with Crippen molar-refractivity contribution >= 4 is 28.5 Å². The molecule has 100 valence electrons. The number of nitrogens with zero attached hydrogens (tertiary/aromatic N) is 1. The van der Waals surface area contributed by atoms with Crippen molar-refractivity contribution in [1.29, 1.82) is 5.41 Å². The second-order valence-electron chi connectivity index (χ2n) is 3.40. The molecule has 0 aliphatic heterocycles. The fourth-order valence-electron chi connectivity index (χ4n) is 1.23. The molecule has 1 rings (SSSR count). The lowest BCUT2D eigenvalue weighted by Crippen LogP contribution is -2.04. The molecular weight excluding hydrogens is 275 g/mol. The molecule has 6 nitrogen and oxygen atoms in total. The molecule has 8 heteroatoms. The average molecular weight is 284 g/mol. The Hall–Kier alpha value is -2.22. The Labute approximate surface area is 111 Å². The van der Waals surface area contributed by atoms with E-state index in [0.29, 0.717) is 11.8 Å². The SMILES string of the molecule is C=C(SC(=N)c1cc(CF)ccc1[N+](=O)[O-])C(=O)O. The lowest BCUT2D eigenvalue weighted by atomic mass is 10.1. The van der Waals surface area contributed by atoms with Gasteiger partial charge < -0.3 is 5.11 Å². The second-order valence-corrected chi connectivity index (χ2v) is 4.51. The van der Waals surface area contributed by atoms with Gasteiger partial charge in [-0.25, -0.2) is 9.18 Å². The Kier molecular flexibility index (Phi) is 4.76. The van der Waals surface area contributed by atoms with Gasteiger partial charge in [0.2, 0.25) is 0 Å². The minimum absolute atomic E-state index is 0.132. The van der Waals surface area contributed by atoms with Crippen LogP contribution in [0, 0.1) is 15.5 Å². The summed E-state index contributed by atoms with van der Waals surface area (Å²) in [7, 11) is 0. The number of aliphatic carboxylic acids is 1. The van der Waals surface area contributed by atoms with Crippen molar-refractivity contribution in [3.05, 3.63) is 50.9 Å². The third-order valence-corrected chi connectivity index (χ3v) is 2.97. The summed E-state index contributed by atoms with van der Waals surface area (Å²) in [4.78, 5) is 20.4. The molecule has 2 N–H and O–H groups in total. The van der Waals surface area contributed by atoms with E-state index >= 15 is 0 Å². The second kappa shape index (κ2) is 6.10. The first-order chi connectivity index (χ1) is 8.86. The number of carboxylic acid groups (broad SMARTS) is 1. The molecule has 0 spiro atoms. The molecule has 0 bridgehead atoms. The zero-order valence-corrected chi connectivity index (χ0v) is 10.4. The van der Waals surface area contributed by atoms with Gasteiger partial charge in [-0.2, -0.15) is 0 Å². The molecule has 0 saturated heterocycles. The molecule has 0 saturated carbocycles. The summed E-state index contributed by atoms with van der Waals surface area (Å²) in [6.07, 6.45) is 0.